The zero-order valence-corrected chi connectivity index (χ0v) is 15.8. The number of hydrogen-bond acceptors (Lipinski definition) is 5. The van der Waals surface area contributed by atoms with Crippen LogP contribution in [0.1, 0.15) is 53.8 Å². The van der Waals surface area contributed by atoms with Crippen molar-refractivity contribution in [2.75, 3.05) is 7.11 Å². The van der Waals surface area contributed by atoms with E-state index in [2.05, 4.69) is 10.3 Å². The molecule has 1 aliphatic carbocycles. The first-order valence-electron chi connectivity index (χ1n) is 9.07. The Morgan fingerprint density at radius 1 is 1.22 bits per heavy atom. The van der Waals surface area contributed by atoms with Crippen molar-refractivity contribution < 1.29 is 18.4 Å². The SMILES string of the molecule is COCc1ccc(C(=O)NC2CCC(c3nc4cc(Cl)ccc4o3)CC2)o1. The molecule has 1 amide bonds. The second kappa shape index (κ2) is 7.74. The molecule has 6 nitrogen and oxygen atoms in total. The van der Waals surface area contributed by atoms with E-state index in [-0.39, 0.29) is 17.9 Å². The van der Waals surface area contributed by atoms with Gasteiger partial charge in [-0.3, -0.25) is 4.79 Å². The van der Waals surface area contributed by atoms with E-state index in [0.29, 0.717) is 23.2 Å². The second-order valence-corrected chi connectivity index (χ2v) is 7.32. The number of amides is 1. The zero-order valence-electron chi connectivity index (χ0n) is 15.0. The molecule has 3 aromatic rings. The molecule has 0 spiro atoms. The molecule has 0 radical (unpaired) electrons. The number of halogens is 1. The molecule has 0 saturated heterocycles. The molecular formula is C20H21ClN2O4. The van der Waals surface area contributed by atoms with Crippen LogP contribution in [0.4, 0.5) is 0 Å². The number of carbonyl (C=O) groups excluding carboxylic acids is 1. The minimum atomic E-state index is -0.183. The lowest BCUT2D eigenvalue weighted by Crippen LogP contribution is -2.37. The summed E-state index contributed by atoms with van der Waals surface area (Å²) in [6, 6.07) is 9.03. The number of carbonyl (C=O) groups is 1. The van der Waals surface area contributed by atoms with Crippen LogP contribution in [0.3, 0.4) is 0 Å². The Labute approximate surface area is 161 Å². The number of oxazole rings is 1. The maximum absolute atomic E-state index is 12.3. The quantitative estimate of drug-likeness (QED) is 0.686. The number of aromatic nitrogens is 1. The average Bonchev–Trinajstić information content (AvgIpc) is 3.29. The van der Waals surface area contributed by atoms with E-state index in [1.54, 1.807) is 25.3 Å². The molecule has 1 aromatic carbocycles. The van der Waals surface area contributed by atoms with Gasteiger partial charge in [-0.1, -0.05) is 11.6 Å². The summed E-state index contributed by atoms with van der Waals surface area (Å²) >= 11 is 6.01. The average molecular weight is 389 g/mol. The lowest BCUT2D eigenvalue weighted by Gasteiger charge is -2.27. The van der Waals surface area contributed by atoms with Gasteiger partial charge in [0.1, 0.15) is 17.9 Å². The van der Waals surface area contributed by atoms with Crippen molar-refractivity contribution in [1.29, 1.82) is 0 Å². The van der Waals surface area contributed by atoms with Crippen LogP contribution in [0.5, 0.6) is 0 Å². The predicted octanol–water partition coefficient (Wildman–Crippen LogP) is 4.68. The van der Waals surface area contributed by atoms with Gasteiger partial charge in [0.25, 0.3) is 5.91 Å². The van der Waals surface area contributed by atoms with E-state index < -0.39 is 0 Å². The maximum atomic E-state index is 12.3. The Kier molecular flexibility index (Phi) is 5.18. The van der Waals surface area contributed by atoms with Gasteiger partial charge in [0.2, 0.25) is 0 Å². The molecule has 0 atom stereocenters. The van der Waals surface area contributed by atoms with Gasteiger partial charge in [0.15, 0.2) is 17.2 Å². The molecule has 7 heteroatoms. The number of fused-ring (bicyclic) bond motifs is 1. The van der Waals surface area contributed by atoms with Crippen molar-refractivity contribution in [3.8, 4) is 0 Å². The third-order valence-corrected chi connectivity index (χ3v) is 5.18. The molecule has 1 fully saturated rings. The fourth-order valence-electron chi connectivity index (χ4n) is 3.55. The highest BCUT2D eigenvalue weighted by atomic mass is 35.5. The van der Waals surface area contributed by atoms with E-state index in [0.717, 1.165) is 42.7 Å². The molecule has 2 heterocycles. The van der Waals surface area contributed by atoms with Crippen molar-refractivity contribution in [2.24, 2.45) is 0 Å². The number of hydrogen-bond donors (Lipinski definition) is 1. The number of nitrogens with zero attached hydrogens (tertiary/aromatic N) is 1. The van der Waals surface area contributed by atoms with Gasteiger partial charge in [-0.25, -0.2) is 4.98 Å². The molecule has 1 saturated carbocycles. The normalized spacial score (nSPS) is 20.1. The molecule has 1 aliphatic rings. The summed E-state index contributed by atoms with van der Waals surface area (Å²) in [6.07, 6.45) is 3.58. The van der Waals surface area contributed by atoms with Crippen LogP contribution in [-0.2, 0) is 11.3 Å². The number of furan rings is 1. The molecule has 2 aromatic heterocycles. The van der Waals surface area contributed by atoms with Crippen molar-refractivity contribution in [2.45, 2.75) is 44.2 Å². The first-order valence-corrected chi connectivity index (χ1v) is 9.44. The third-order valence-electron chi connectivity index (χ3n) is 4.95. The van der Waals surface area contributed by atoms with Gasteiger partial charge < -0.3 is 18.9 Å². The van der Waals surface area contributed by atoms with E-state index >= 15 is 0 Å². The summed E-state index contributed by atoms with van der Waals surface area (Å²) in [4.78, 5) is 16.9. The monoisotopic (exact) mass is 388 g/mol. The van der Waals surface area contributed by atoms with Gasteiger partial charge in [0, 0.05) is 24.1 Å². The van der Waals surface area contributed by atoms with Crippen LogP contribution in [-0.4, -0.2) is 24.0 Å². The van der Waals surface area contributed by atoms with Crippen LogP contribution in [0.25, 0.3) is 11.1 Å². The van der Waals surface area contributed by atoms with Crippen molar-refractivity contribution in [1.82, 2.24) is 10.3 Å². The van der Waals surface area contributed by atoms with Crippen molar-refractivity contribution >= 4 is 28.6 Å². The standard InChI is InChI=1S/C20H21ClN2O4/c1-25-11-15-7-9-18(26-15)19(24)22-14-5-2-12(3-6-14)20-23-16-10-13(21)4-8-17(16)27-20/h4,7-10,12,14H,2-3,5-6,11H2,1H3,(H,22,24). The summed E-state index contributed by atoms with van der Waals surface area (Å²) in [6.45, 7) is 0.355. The van der Waals surface area contributed by atoms with Gasteiger partial charge in [-0.15, -0.1) is 0 Å². The summed E-state index contributed by atoms with van der Waals surface area (Å²) in [7, 11) is 1.59. The molecule has 0 bridgehead atoms. The molecule has 1 N–H and O–H groups in total. The topological polar surface area (TPSA) is 77.5 Å². The maximum Gasteiger partial charge on any atom is 0.287 e. The Morgan fingerprint density at radius 2 is 2.04 bits per heavy atom. The van der Waals surface area contributed by atoms with E-state index in [4.69, 9.17) is 25.2 Å². The molecule has 4 rings (SSSR count). The van der Waals surface area contributed by atoms with Crippen LogP contribution >= 0.6 is 11.6 Å². The highest BCUT2D eigenvalue weighted by molar-refractivity contribution is 6.31. The fraction of sp³-hybridized carbons (Fsp3) is 0.400. The largest absolute Gasteiger partial charge is 0.453 e. The Balaban J connectivity index is 1.34. The third kappa shape index (κ3) is 4.01. The van der Waals surface area contributed by atoms with Crippen LogP contribution < -0.4 is 5.32 Å². The fourth-order valence-corrected chi connectivity index (χ4v) is 3.72. The summed E-state index contributed by atoms with van der Waals surface area (Å²) in [5.41, 5.74) is 1.55. The van der Waals surface area contributed by atoms with Gasteiger partial charge in [-0.05, 0) is 56.0 Å². The Morgan fingerprint density at radius 3 is 2.81 bits per heavy atom. The number of nitrogens with one attached hydrogen (secondary N) is 1. The van der Waals surface area contributed by atoms with Gasteiger partial charge >= 0.3 is 0 Å². The Hall–Kier alpha value is -2.31. The predicted molar refractivity (Wildman–Crippen MR) is 101 cm³/mol. The smallest absolute Gasteiger partial charge is 0.287 e. The lowest BCUT2D eigenvalue weighted by atomic mass is 9.86. The minimum Gasteiger partial charge on any atom is -0.453 e. The molecule has 0 aliphatic heterocycles. The van der Waals surface area contributed by atoms with Crippen LogP contribution in [0.2, 0.25) is 5.02 Å². The number of ether oxygens (including phenoxy) is 1. The molecular weight excluding hydrogens is 368 g/mol. The number of benzene rings is 1. The minimum absolute atomic E-state index is 0.128. The zero-order chi connectivity index (χ0) is 18.8. The first-order chi connectivity index (χ1) is 13.1. The summed E-state index contributed by atoms with van der Waals surface area (Å²) < 4.78 is 16.4. The highest BCUT2D eigenvalue weighted by Gasteiger charge is 2.27. The van der Waals surface area contributed by atoms with E-state index in [9.17, 15) is 4.79 Å². The van der Waals surface area contributed by atoms with E-state index in [1.807, 2.05) is 12.1 Å². The van der Waals surface area contributed by atoms with Crippen LogP contribution in [0.15, 0.2) is 39.2 Å². The molecule has 0 unspecified atom stereocenters. The van der Waals surface area contributed by atoms with Gasteiger partial charge in [0.05, 0.1) is 0 Å². The highest BCUT2D eigenvalue weighted by Crippen LogP contribution is 2.34. The summed E-state index contributed by atoms with van der Waals surface area (Å²) in [5.74, 6) is 1.80. The number of methoxy groups -OCH3 is 1. The summed E-state index contributed by atoms with van der Waals surface area (Å²) in [5, 5.41) is 3.71. The van der Waals surface area contributed by atoms with Crippen molar-refractivity contribution in [3.63, 3.8) is 0 Å². The molecule has 142 valence electrons. The Bertz CT molecular complexity index is 941. The van der Waals surface area contributed by atoms with E-state index in [1.165, 1.54) is 0 Å². The molecule has 27 heavy (non-hydrogen) atoms. The lowest BCUT2D eigenvalue weighted by molar-refractivity contribution is 0.0888. The van der Waals surface area contributed by atoms with Gasteiger partial charge in [-0.2, -0.15) is 0 Å². The van der Waals surface area contributed by atoms with Crippen LogP contribution in [0, 0.1) is 0 Å². The second-order valence-electron chi connectivity index (χ2n) is 6.89. The first kappa shape index (κ1) is 18.1. The number of rotatable bonds is 5. The van der Waals surface area contributed by atoms with Crippen molar-refractivity contribution in [3.05, 3.63) is 52.8 Å².